The van der Waals surface area contributed by atoms with Gasteiger partial charge in [0.2, 0.25) is 0 Å². The Morgan fingerprint density at radius 1 is 1.00 bits per heavy atom. The van der Waals surface area contributed by atoms with Gasteiger partial charge in [-0.25, -0.2) is 0 Å². The fraction of sp³-hybridized carbons (Fsp3) is 0.625. The van der Waals surface area contributed by atoms with Crippen LogP contribution in [0.25, 0.3) is 0 Å². The maximum atomic E-state index is 5.66. The van der Waals surface area contributed by atoms with Crippen molar-refractivity contribution in [2.24, 2.45) is 5.84 Å². The number of benzene rings is 1. The van der Waals surface area contributed by atoms with Crippen LogP contribution >= 0.6 is 15.9 Å². The van der Waals surface area contributed by atoms with Crippen molar-refractivity contribution in [1.82, 2.24) is 5.43 Å². The van der Waals surface area contributed by atoms with E-state index < -0.39 is 0 Å². The second-order valence-electron chi connectivity index (χ2n) is 5.18. The van der Waals surface area contributed by atoms with Gasteiger partial charge in [0, 0.05) is 10.5 Å². The highest BCUT2D eigenvalue weighted by molar-refractivity contribution is 9.10. The molecule has 0 aromatic heterocycles. The van der Waals surface area contributed by atoms with Gasteiger partial charge in [0.25, 0.3) is 0 Å². The first kappa shape index (κ1) is 16.7. The Morgan fingerprint density at radius 3 is 2.16 bits per heavy atom. The summed E-state index contributed by atoms with van der Waals surface area (Å²) in [6.45, 7) is 2.26. The molecule has 1 atom stereocenters. The predicted octanol–water partition coefficient (Wildman–Crippen LogP) is 5.09. The van der Waals surface area contributed by atoms with Crippen LogP contribution in [0.5, 0.6) is 0 Å². The van der Waals surface area contributed by atoms with Gasteiger partial charge >= 0.3 is 0 Å². The van der Waals surface area contributed by atoms with E-state index in [1.165, 1.54) is 50.5 Å². The van der Waals surface area contributed by atoms with Gasteiger partial charge in [0.05, 0.1) is 0 Å². The Morgan fingerprint density at radius 2 is 1.58 bits per heavy atom. The lowest BCUT2D eigenvalue weighted by Crippen LogP contribution is -2.27. The lowest BCUT2D eigenvalue weighted by atomic mass is 10.00. The summed E-state index contributed by atoms with van der Waals surface area (Å²) < 4.78 is 1.11. The van der Waals surface area contributed by atoms with E-state index in [0.717, 1.165) is 10.9 Å². The van der Waals surface area contributed by atoms with Crippen LogP contribution in [0.15, 0.2) is 28.7 Å². The minimum atomic E-state index is 0.281. The Hall–Kier alpha value is -0.380. The van der Waals surface area contributed by atoms with Crippen LogP contribution in [0.2, 0.25) is 0 Å². The summed E-state index contributed by atoms with van der Waals surface area (Å²) in [7, 11) is 0. The molecule has 19 heavy (non-hydrogen) atoms. The summed E-state index contributed by atoms with van der Waals surface area (Å²) in [5.74, 6) is 5.66. The van der Waals surface area contributed by atoms with Crippen molar-refractivity contribution in [3.05, 3.63) is 34.3 Å². The summed E-state index contributed by atoms with van der Waals surface area (Å²) in [6, 6.07) is 8.70. The fourth-order valence-corrected chi connectivity index (χ4v) is 2.61. The number of rotatable bonds is 10. The number of nitrogens with one attached hydrogen (secondary N) is 1. The molecule has 0 spiro atoms. The number of hydrogen-bond donors (Lipinski definition) is 2. The van der Waals surface area contributed by atoms with Crippen molar-refractivity contribution in [2.75, 3.05) is 0 Å². The van der Waals surface area contributed by atoms with Crippen LogP contribution in [0.4, 0.5) is 0 Å². The molecule has 0 aliphatic rings. The second-order valence-corrected chi connectivity index (χ2v) is 6.10. The molecule has 0 saturated heterocycles. The molecular weight excluding hydrogens is 300 g/mol. The van der Waals surface area contributed by atoms with Crippen molar-refractivity contribution in [3.8, 4) is 0 Å². The van der Waals surface area contributed by atoms with E-state index in [-0.39, 0.29) is 6.04 Å². The lowest BCUT2D eigenvalue weighted by Gasteiger charge is -2.16. The van der Waals surface area contributed by atoms with Crippen LogP contribution in [0.3, 0.4) is 0 Å². The van der Waals surface area contributed by atoms with Gasteiger partial charge in [-0.2, -0.15) is 0 Å². The molecule has 0 saturated carbocycles. The van der Waals surface area contributed by atoms with Crippen LogP contribution in [0.1, 0.15) is 69.9 Å². The average Bonchev–Trinajstić information content (AvgIpc) is 2.43. The number of halogens is 1. The summed E-state index contributed by atoms with van der Waals surface area (Å²) in [4.78, 5) is 0. The topological polar surface area (TPSA) is 38.0 Å². The van der Waals surface area contributed by atoms with E-state index in [1.54, 1.807) is 0 Å². The molecule has 0 heterocycles. The quantitative estimate of drug-likeness (QED) is 0.357. The maximum Gasteiger partial charge on any atom is 0.0460 e. The van der Waals surface area contributed by atoms with Gasteiger partial charge in [-0.15, -0.1) is 0 Å². The fourth-order valence-electron chi connectivity index (χ4n) is 2.35. The number of hydrazine groups is 1. The Bertz CT molecular complexity index is 324. The van der Waals surface area contributed by atoms with Gasteiger partial charge in [-0.3, -0.25) is 11.3 Å². The SMILES string of the molecule is CCCCCCCCCC(NN)c1ccc(Br)cc1. The molecule has 0 amide bonds. The van der Waals surface area contributed by atoms with E-state index in [4.69, 9.17) is 5.84 Å². The molecular formula is C16H27BrN2. The molecule has 3 heteroatoms. The first-order valence-electron chi connectivity index (χ1n) is 7.49. The van der Waals surface area contributed by atoms with Gasteiger partial charge in [-0.1, -0.05) is 79.9 Å². The highest BCUT2D eigenvalue weighted by atomic mass is 79.9. The van der Waals surface area contributed by atoms with Crippen molar-refractivity contribution in [3.63, 3.8) is 0 Å². The number of hydrogen-bond acceptors (Lipinski definition) is 2. The maximum absolute atomic E-state index is 5.66. The van der Waals surface area contributed by atoms with Crippen molar-refractivity contribution >= 4 is 15.9 Å². The summed E-state index contributed by atoms with van der Waals surface area (Å²) >= 11 is 3.46. The highest BCUT2D eigenvalue weighted by Gasteiger charge is 2.08. The van der Waals surface area contributed by atoms with Crippen molar-refractivity contribution in [2.45, 2.75) is 64.3 Å². The monoisotopic (exact) mass is 326 g/mol. The lowest BCUT2D eigenvalue weighted by molar-refractivity contribution is 0.476. The van der Waals surface area contributed by atoms with Crippen LogP contribution in [-0.2, 0) is 0 Å². The van der Waals surface area contributed by atoms with E-state index >= 15 is 0 Å². The number of unbranched alkanes of at least 4 members (excludes halogenated alkanes) is 6. The minimum Gasteiger partial charge on any atom is -0.271 e. The zero-order valence-electron chi connectivity index (χ0n) is 12.0. The number of nitrogens with two attached hydrogens (primary N) is 1. The molecule has 1 aromatic rings. The van der Waals surface area contributed by atoms with E-state index in [9.17, 15) is 0 Å². The molecule has 0 fully saturated rings. The molecule has 108 valence electrons. The van der Waals surface area contributed by atoms with Crippen LogP contribution < -0.4 is 11.3 Å². The van der Waals surface area contributed by atoms with Crippen molar-refractivity contribution in [1.29, 1.82) is 0 Å². The largest absolute Gasteiger partial charge is 0.271 e. The van der Waals surface area contributed by atoms with Crippen molar-refractivity contribution < 1.29 is 0 Å². The molecule has 3 N–H and O–H groups in total. The average molecular weight is 327 g/mol. The molecule has 0 aliphatic heterocycles. The van der Waals surface area contributed by atoms with Gasteiger partial charge in [0.1, 0.15) is 0 Å². The van der Waals surface area contributed by atoms with E-state index in [2.05, 4.69) is 52.5 Å². The Balaban J connectivity index is 2.20. The van der Waals surface area contributed by atoms with E-state index in [1.807, 2.05) is 0 Å². The van der Waals surface area contributed by atoms with Crippen LogP contribution in [0, 0.1) is 0 Å². The van der Waals surface area contributed by atoms with Gasteiger partial charge < -0.3 is 0 Å². The standard InChI is InChI=1S/C16H27BrN2/c1-2-3-4-5-6-7-8-9-16(19-18)14-10-12-15(17)13-11-14/h10-13,16,19H,2-9,18H2,1H3. The van der Waals surface area contributed by atoms with Gasteiger partial charge in [0.15, 0.2) is 0 Å². The zero-order chi connectivity index (χ0) is 13.9. The van der Waals surface area contributed by atoms with Crippen LogP contribution in [-0.4, -0.2) is 0 Å². The first-order chi connectivity index (χ1) is 9.27. The minimum absolute atomic E-state index is 0.281. The molecule has 0 radical (unpaired) electrons. The summed E-state index contributed by atoms with van der Waals surface area (Å²) in [5.41, 5.74) is 4.21. The van der Waals surface area contributed by atoms with Gasteiger partial charge in [-0.05, 0) is 24.1 Å². The third-order valence-corrected chi connectivity index (χ3v) is 4.10. The molecule has 0 aliphatic carbocycles. The molecule has 0 bridgehead atoms. The molecule has 2 nitrogen and oxygen atoms in total. The summed E-state index contributed by atoms with van der Waals surface area (Å²) in [6.07, 6.45) is 10.5. The molecule has 1 unspecified atom stereocenters. The Kier molecular flexibility index (Phi) is 9.14. The third-order valence-electron chi connectivity index (χ3n) is 3.57. The summed E-state index contributed by atoms with van der Waals surface area (Å²) in [5, 5.41) is 0. The Labute approximate surface area is 126 Å². The predicted molar refractivity (Wildman–Crippen MR) is 86.8 cm³/mol. The smallest absolute Gasteiger partial charge is 0.0460 e. The molecule has 1 aromatic carbocycles. The van der Waals surface area contributed by atoms with E-state index in [0.29, 0.717) is 0 Å². The first-order valence-corrected chi connectivity index (χ1v) is 8.28. The zero-order valence-corrected chi connectivity index (χ0v) is 13.6. The second kappa shape index (κ2) is 10.4. The highest BCUT2D eigenvalue weighted by Crippen LogP contribution is 2.21. The third kappa shape index (κ3) is 7.09. The molecule has 1 rings (SSSR count). The normalized spacial score (nSPS) is 12.6.